The zero-order valence-corrected chi connectivity index (χ0v) is 28.8. The quantitative estimate of drug-likeness (QED) is 0.129. The lowest BCUT2D eigenvalue weighted by molar-refractivity contribution is -0.131. The van der Waals surface area contributed by atoms with E-state index in [0.717, 1.165) is 14.7 Å². The number of amides is 4. The van der Waals surface area contributed by atoms with E-state index < -0.39 is 35.0 Å². The number of halogens is 1. The number of para-hydroxylation sites is 1. The van der Waals surface area contributed by atoms with E-state index in [1.54, 1.807) is 54.6 Å². The van der Waals surface area contributed by atoms with Crippen LogP contribution in [0.5, 0.6) is 11.5 Å². The van der Waals surface area contributed by atoms with Gasteiger partial charge >= 0.3 is 0 Å². The molecule has 4 aromatic rings. The van der Waals surface area contributed by atoms with Crippen molar-refractivity contribution in [2.45, 2.75) is 32.3 Å². The lowest BCUT2D eigenvalue weighted by Crippen LogP contribution is -2.48. The molecule has 0 spiro atoms. The highest BCUT2D eigenvalue weighted by molar-refractivity contribution is 14.1. The lowest BCUT2D eigenvalue weighted by Gasteiger charge is -2.49. The molecular formula is C40H33IN2O6. The highest BCUT2D eigenvalue weighted by atomic mass is 127. The third-order valence-electron chi connectivity index (χ3n) is 10.9. The molecule has 49 heavy (non-hydrogen) atoms. The first-order valence-electron chi connectivity index (χ1n) is 16.4. The first kappa shape index (κ1) is 31.5. The van der Waals surface area contributed by atoms with Crippen molar-refractivity contribution in [1.29, 1.82) is 0 Å². The number of carbonyl (C=O) groups excluding carboxylic acids is 4. The van der Waals surface area contributed by atoms with Crippen molar-refractivity contribution in [2.24, 2.45) is 29.1 Å². The van der Waals surface area contributed by atoms with Gasteiger partial charge in [0.1, 0.15) is 18.1 Å². The molecule has 0 bridgehead atoms. The Morgan fingerprint density at radius 1 is 0.796 bits per heavy atom. The molecular weight excluding hydrogens is 731 g/mol. The van der Waals surface area contributed by atoms with E-state index in [1.165, 1.54) is 9.80 Å². The summed E-state index contributed by atoms with van der Waals surface area (Å²) in [6, 6.07) is 30.9. The third kappa shape index (κ3) is 4.92. The number of ether oxygens (including phenoxy) is 1. The normalized spacial score (nSPS) is 27.5. The average Bonchev–Trinajstić information content (AvgIpc) is 3.48. The van der Waals surface area contributed by atoms with Crippen LogP contribution in [-0.2, 0) is 25.8 Å². The molecule has 1 saturated carbocycles. The molecule has 4 amide bonds. The molecule has 9 heteroatoms. The molecule has 1 N–H and O–H groups in total. The highest BCUT2D eigenvalue weighted by Crippen LogP contribution is 2.64. The van der Waals surface area contributed by atoms with Crippen LogP contribution >= 0.6 is 22.6 Å². The second-order valence-corrected chi connectivity index (χ2v) is 14.7. The number of phenols is 1. The van der Waals surface area contributed by atoms with E-state index in [4.69, 9.17) is 4.74 Å². The maximum absolute atomic E-state index is 14.6. The molecule has 4 aliphatic rings. The predicted molar refractivity (Wildman–Crippen MR) is 192 cm³/mol. The maximum atomic E-state index is 14.6. The number of hydrogen-bond acceptors (Lipinski definition) is 6. The van der Waals surface area contributed by atoms with Gasteiger partial charge in [-0.2, -0.15) is 0 Å². The molecule has 4 aromatic carbocycles. The van der Waals surface area contributed by atoms with Gasteiger partial charge in [0.2, 0.25) is 23.6 Å². The molecule has 0 aromatic heterocycles. The van der Waals surface area contributed by atoms with Crippen LogP contribution in [0.2, 0.25) is 0 Å². The van der Waals surface area contributed by atoms with Gasteiger partial charge in [0.25, 0.3) is 0 Å². The van der Waals surface area contributed by atoms with Crippen molar-refractivity contribution in [1.82, 2.24) is 0 Å². The highest BCUT2D eigenvalue weighted by Gasteiger charge is 2.68. The Balaban J connectivity index is 1.21. The Morgan fingerprint density at radius 2 is 1.47 bits per heavy atom. The largest absolute Gasteiger partial charge is 0.508 e. The number of rotatable bonds is 6. The molecule has 3 fully saturated rings. The first-order valence-corrected chi connectivity index (χ1v) is 17.5. The van der Waals surface area contributed by atoms with Gasteiger partial charge in [0, 0.05) is 21.1 Å². The van der Waals surface area contributed by atoms with E-state index in [0.29, 0.717) is 35.7 Å². The molecule has 246 valence electrons. The number of fused-ring (bicyclic) bond motifs is 4. The molecule has 2 aliphatic carbocycles. The molecule has 2 heterocycles. The van der Waals surface area contributed by atoms with Gasteiger partial charge in [-0.25, -0.2) is 4.90 Å². The monoisotopic (exact) mass is 764 g/mol. The van der Waals surface area contributed by atoms with Gasteiger partial charge < -0.3 is 9.84 Å². The minimum Gasteiger partial charge on any atom is -0.508 e. The standard InChI is InChI=1S/C40H33IN2O6/c1-40-32(37(46)43(39(40)48)25-10-6-3-7-11-25)21-31-28(18-19-30-34(31)38(47)42(36(30)45)26-14-12-24(41)13-15-26)35(40)29-17-16-27(20-33(29)44)49-22-23-8-4-2-5-9-23/h2-18,20,30-32,34-35,44H,19,21-22H2,1H3. The van der Waals surface area contributed by atoms with Gasteiger partial charge in [-0.1, -0.05) is 66.2 Å². The van der Waals surface area contributed by atoms with Crippen LogP contribution in [-0.4, -0.2) is 28.7 Å². The second kappa shape index (κ2) is 12.0. The van der Waals surface area contributed by atoms with E-state index >= 15 is 0 Å². The van der Waals surface area contributed by atoms with Gasteiger partial charge in [-0.15, -0.1) is 0 Å². The van der Waals surface area contributed by atoms with Crippen molar-refractivity contribution in [3.05, 3.63) is 129 Å². The number of anilines is 2. The van der Waals surface area contributed by atoms with Gasteiger partial charge in [-0.05, 0) is 96.3 Å². The van der Waals surface area contributed by atoms with E-state index in [1.807, 2.05) is 61.5 Å². The van der Waals surface area contributed by atoms with Crippen LogP contribution in [0.1, 0.15) is 36.8 Å². The molecule has 2 saturated heterocycles. The Hall–Kier alpha value is -4.77. The number of carbonyl (C=O) groups is 4. The number of imide groups is 2. The van der Waals surface area contributed by atoms with Crippen LogP contribution in [0.25, 0.3) is 0 Å². The summed E-state index contributed by atoms with van der Waals surface area (Å²) in [4.78, 5) is 59.7. The van der Waals surface area contributed by atoms with E-state index in [9.17, 15) is 24.3 Å². The number of phenolic OH excluding ortho intramolecular Hbond substituents is 1. The Labute approximate surface area is 297 Å². The van der Waals surface area contributed by atoms with Crippen molar-refractivity contribution in [3.8, 4) is 11.5 Å². The van der Waals surface area contributed by atoms with Crippen molar-refractivity contribution in [3.63, 3.8) is 0 Å². The zero-order chi connectivity index (χ0) is 34.0. The summed E-state index contributed by atoms with van der Waals surface area (Å²) < 4.78 is 6.98. The topological polar surface area (TPSA) is 104 Å². The Kier molecular flexibility index (Phi) is 7.70. The predicted octanol–water partition coefficient (Wildman–Crippen LogP) is 7.01. The van der Waals surface area contributed by atoms with Gasteiger partial charge in [0.15, 0.2) is 0 Å². The molecule has 6 atom stereocenters. The Morgan fingerprint density at radius 3 is 2.16 bits per heavy atom. The summed E-state index contributed by atoms with van der Waals surface area (Å²) in [5.41, 5.74) is 2.02. The minimum atomic E-state index is -1.26. The fraction of sp³-hybridized carbons (Fsp3) is 0.250. The molecule has 0 radical (unpaired) electrons. The smallest absolute Gasteiger partial charge is 0.241 e. The zero-order valence-electron chi connectivity index (χ0n) is 26.7. The van der Waals surface area contributed by atoms with Crippen LogP contribution in [0.3, 0.4) is 0 Å². The number of nitrogens with zero attached hydrogens (tertiary/aromatic N) is 2. The first-order chi connectivity index (χ1) is 23.7. The van der Waals surface area contributed by atoms with Crippen molar-refractivity contribution in [2.75, 3.05) is 9.80 Å². The summed E-state index contributed by atoms with van der Waals surface area (Å²) in [6.07, 6.45) is 2.55. The minimum absolute atomic E-state index is 0.0630. The van der Waals surface area contributed by atoms with E-state index in [-0.39, 0.29) is 35.8 Å². The van der Waals surface area contributed by atoms with E-state index in [2.05, 4.69) is 22.6 Å². The summed E-state index contributed by atoms with van der Waals surface area (Å²) in [5.74, 6) is -4.08. The van der Waals surface area contributed by atoms with Gasteiger partial charge in [0.05, 0.1) is 34.5 Å². The fourth-order valence-corrected chi connectivity index (χ4v) is 8.99. The Bertz CT molecular complexity index is 2030. The number of benzene rings is 4. The molecule has 8 rings (SSSR count). The summed E-state index contributed by atoms with van der Waals surface area (Å²) >= 11 is 2.18. The molecule has 2 aliphatic heterocycles. The lowest BCUT2D eigenvalue weighted by atomic mass is 9.51. The number of aromatic hydroxyl groups is 1. The molecule has 8 nitrogen and oxygen atoms in total. The van der Waals surface area contributed by atoms with Gasteiger partial charge in [-0.3, -0.25) is 24.1 Å². The average molecular weight is 765 g/mol. The number of hydrogen-bond donors (Lipinski definition) is 1. The van der Waals surface area contributed by atoms with Crippen molar-refractivity contribution >= 4 is 57.6 Å². The summed E-state index contributed by atoms with van der Waals surface area (Å²) in [5, 5.41) is 11.6. The van der Waals surface area contributed by atoms with Crippen LogP contribution in [0.15, 0.2) is 115 Å². The second-order valence-electron chi connectivity index (χ2n) is 13.5. The number of allylic oxidation sites excluding steroid dienone is 2. The summed E-state index contributed by atoms with van der Waals surface area (Å²) in [7, 11) is 0. The van der Waals surface area contributed by atoms with Crippen LogP contribution in [0, 0.1) is 32.7 Å². The molecule has 6 unspecified atom stereocenters. The maximum Gasteiger partial charge on any atom is 0.241 e. The van der Waals surface area contributed by atoms with Crippen LogP contribution in [0.4, 0.5) is 11.4 Å². The third-order valence-corrected chi connectivity index (χ3v) is 11.7. The fourth-order valence-electron chi connectivity index (χ4n) is 8.63. The van der Waals surface area contributed by atoms with Crippen molar-refractivity contribution < 1.29 is 29.0 Å². The summed E-state index contributed by atoms with van der Waals surface area (Å²) in [6.45, 7) is 2.12. The van der Waals surface area contributed by atoms with Crippen LogP contribution < -0.4 is 14.5 Å². The SMILES string of the molecule is CC12C(=O)N(c3ccccc3)C(=O)C1CC1C(=CCC3C(=O)N(c4ccc(I)cc4)C(=O)C31)C2c1ccc(OCc2ccccc2)cc1O.